The summed E-state index contributed by atoms with van der Waals surface area (Å²) in [7, 11) is 1.92. The van der Waals surface area contributed by atoms with E-state index in [0.717, 1.165) is 17.3 Å². The van der Waals surface area contributed by atoms with Gasteiger partial charge in [0.05, 0.1) is 17.5 Å². The van der Waals surface area contributed by atoms with Crippen LogP contribution >= 0.6 is 15.9 Å². The van der Waals surface area contributed by atoms with Crippen molar-refractivity contribution in [2.24, 2.45) is 5.41 Å². The van der Waals surface area contributed by atoms with Gasteiger partial charge >= 0.3 is 0 Å². The molecule has 1 aliphatic rings. The molecule has 0 amide bonds. The van der Waals surface area contributed by atoms with Crippen LogP contribution in [-0.2, 0) is 0 Å². The van der Waals surface area contributed by atoms with Crippen molar-refractivity contribution in [3.63, 3.8) is 0 Å². The zero-order chi connectivity index (χ0) is 10.9. The number of hydrogen-bond acceptors (Lipinski definition) is 2. The monoisotopic (exact) mass is 264 g/mol. The number of halogens is 1. The summed E-state index contributed by atoms with van der Waals surface area (Å²) in [6, 6.07) is 10.8. The maximum absolute atomic E-state index is 9.19. The van der Waals surface area contributed by atoms with Crippen LogP contribution in [0.15, 0.2) is 28.7 Å². The summed E-state index contributed by atoms with van der Waals surface area (Å²) in [5, 5.41) is 12.4. The lowest BCUT2D eigenvalue weighted by atomic mass is 9.91. The molecule has 1 aromatic carbocycles. The first-order chi connectivity index (χ1) is 7.22. The first-order valence-corrected chi connectivity index (χ1v) is 5.85. The Hall–Kier alpha value is -0.850. The van der Waals surface area contributed by atoms with E-state index in [1.165, 1.54) is 5.56 Å². The van der Waals surface area contributed by atoms with Crippen molar-refractivity contribution in [2.45, 2.75) is 18.9 Å². The highest BCUT2D eigenvalue weighted by molar-refractivity contribution is 9.10. The number of benzene rings is 1. The van der Waals surface area contributed by atoms with Crippen LogP contribution in [0.1, 0.15) is 24.4 Å². The third-order valence-corrected chi connectivity index (χ3v) is 3.53. The zero-order valence-corrected chi connectivity index (χ0v) is 10.2. The molecule has 2 rings (SSSR count). The molecule has 1 fully saturated rings. The lowest BCUT2D eigenvalue weighted by Gasteiger charge is -2.21. The Bertz CT molecular complexity index is 404. The molecule has 0 spiro atoms. The highest BCUT2D eigenvalue weighted by atomic mass is 79.9. The van der Waals surface area contributed by atoms with Gasteiger partial charge in [-0.05, 0) is 37.6 Å². The molecule has 2 nitrogen and oxygen atoms in total. The van der Waals surface area contributed by atoms with Crippen LogP contribution in [0.4, 0.5) is 0 Å². The van der Waals surface area contributed by atoms with E-state index in [0.29, 0.717) is 0 Å². The van der Waals surface area contributed by atoms with Crippen molar-refractivity contribution >= 4 is 15.9 Å². The number of nitrogens with one attached hydrogen (secondary N) is 1. The van der Waals surface area contributed by atoms with E-state index in [-0.39, 0.29) is 11.5 Å². The van der Waals surface area contributed by atoms with E-state index in [4.69, 9.17) is 0 Å². The number of hydrogen-bond donors (Lipinski definition) is 1. The third kappa shape index (κ3) is 1.92. The molecule has 1 unspecified atom stereocenters. The van der Waals surface area contributed by atoms with E-state index in [2.05, 4.69) is 39.4 Å². The van der Waals surface area contributed by atoms with Crippen molar-refractivity contribution in [1.82, 2.24) is 5.32 Å². The van der Waals surface area contributed by atoms with Crippen LogP contribution in [0, 0.1) is 16.7 Å². The highest BCUT2D eigenvalue weighted by Gasteiger charge is 2.50. The lowest BCUT2D eigenvalue weighted by molar-refractivity contribution is 0.444. The molecule has 78 valence electrons. The average Bonchev–Trinajstić information content (AvgIpc) is 3.00. The van der Waals surface area contributed by atoms with Crippen LogP contribution in [0.2, 0.25) is 0 Å². The number of rotatable bonds is 3. The van der Waals surface area contributed by atoms with Gasteiger partial charge in [0.1, 0.15) is 0 Å². The Labute approximate surface area is 98.4 Å². The first-order valence-electron chi connectivity index (χ1n) is 5.06. The van der Waals surface area contributed by atoms with Gasteiger partial charge in [0.2, 0.25) is 0 Å². The Balaban J connectivity index is 2.32. The fourth-order valence-corrected chi connectivity index (χ4v) is 2.46. The Morgan fingerprint density at radius 2 is 2.27 bits per heavy atom. The topological polar surface area (TPSA) is 35.8 Å². The summed E-state index contributed by atoms with van der Waals surface area (Å²) in [5.41, 5.74) is 1.01. The fraction of sp³-hybridized carbons (Fsp3) is 0.417. The molecule has 0 aromatic heterocycles. The van der Waals surface area contributed by atoms with Gasteiger partial charge in [-0.1, -0.05) is 28.1 Å². The van der Waals surface area contributed by atoms with Gasteiger partial charge in [-0.15, -0.1) is 0 Å². The van der Waals surface area contributed by atoms with E-state index >= 15 is 0 Å². The second-order valence-corrected chi connectivity index (χ2v) is 4.96. The van der Waals surface area contributed by atoms with Gasteiger partial charge in [0, 0.05) is 4.47 Å². The minimum atomic E-state index is -0.171. The Morgan fingerprint density at radius 3 is 2.73 bits per heavy atom. The average molecular weight is 265 g/mol. The quantitative estimate of drug-likeness (QED) is 0.911. The molecule has 0 saturated heterocycles. The molecule has 1 saturated carbocycles. The summed E-state index contributed by atoms with van der Waals surface area (Å²) in [4.78, 5) is 0. The van der Waals surface area contributed by atoms with Crippen molar-refractivity contribution in [3.8, 4) is 6.07 Å². The summed E-state index contributed by atoms with van der Waals surface area (Å²) in [6.07, 6.45) is 2.00. The SMILES string of the molecule is CNC(c1cccc(Br)c1)C1(C#N)CC1. The normalized spacial score (nSPS) is 19.3. The standard InChI is InChI=1S/C12H13BrN2/c1-15-11(12(8-14)5-6-12)9-3-2-4-10(13)7-9/h2-4,7,11,15H,5-6H2,1H3. The molecule has 1 atom stereocenters. The van der Waals surface area contributed by atoms with Crippen LogP contribution in [0.25, 0.3) is 0 Å². The van der Waals surface area contributed by atoms with Crippen molar-refractivity contribution < 1.29 is 0 Å². The predicted molar refractivity (Wildman–Crippen MR) is 63.2 cm³/mol. The summed E-state index contributed by atoms with van der Waals surface area (Å²) in [5.74, 6) is 0. The van der Waals surface area contributed by atoms with Gasteiger partial charge < -0.3 is 5.32 Å². The van der Waals surface area contributed by atoms with Gasteiger partial charge in [0.15, 0.2) is 0 Å². The maximum atomic E-state index is 9.19. The summed E-state index contributed by atoms with van der Waals surface area (Å²) >= 11 is 3.46. The molecular weight excluding hydrogens is 252 g/mol. The molecule has 0 radical (unpaired) electrons. The van der Waals surface area contributed by atoms with Crippen LogP contribution in [0.5, 0.6) is 0 Å². The molecule has 1 N–H and O–H groups in total. The van der Waals surface area contributed by atoms with Crippen molar-refractivity contribution in [1.29, 1.82) is 5.26 Å². The van der Waals surface area contributed by atoms with Crippen molar-refractivity contribution in [3.05, 3.63) is 34.3 Å². The maximum Gasteiger partial charge on any atom is 0.0769 e. The van der Waals surface area contributed by atoms with E-state index < -0.39 is 0 Å². The lowest BCUT2D eigenvalue weighted by Crippen LogP contribution is -2.25. The molecular formula is C12H13BrN2. The molecule has 0 heterocycles. The zero-order valence-electron chi connectivity index (χ0n) is 8.63. The van der Waals surface area contributed by atoms with Crippen LogP contribution in [-0.4, -0.2) is 7.05 Å². The summed E-state index contributed by atoms with van der Waals surface area (Å²) in [6.45, 7) is 0. The predicted octanol–water partition coefficient (Wildman–Crippen LogP) is 3.01. The third-order valence-electron chi connectivity index (χ3n) is 3.03. The minimum absolute atomic E-state index is 0.153. The number of nitrogens with zero attached hydrogens (tertiary/aromatic N) is 1. The van der Waals surface area contributed by atoms with Crippen molar-refractivity contribution in [2.75, 3.05) is 7.05 Å². The molecule has 1 aromatic rings. The van der Waals surface area contributed by atoms with E-state index in [1.54, 1.807) is 0 Å². The molecule has 0 bridgehead atoms. The smallest absolute Gasteiger partial charge is 0.0769 e. The van der Waals surface area contributed by atoms with Crippen LogP contribution in [0.3, 0.4) is 0 Å². The van der Waals surface area contributed by atoms with E-state index in [1.807, 2.05) is 19.2 Å². The Morgan fingerprint density at radius 1 is 1.53 bits per heavy atom. The van der Waals surface area contributed by atoms with Gasteiger partial charge in [-0.25, -0.2) is 0 Å². The van der Waals surface area contributed by atoms with Gasteiger partial charge in [-0.2, -0.15) is 5.26 Å². The van der Waals surface area contributed by atoms with Gasteiger partial charge in [0.25, 0.3) is 0 Å². The largest absolute Gasteiger partial charge is 0.312 e. The molecule has 0 aliphatic heterocycles. The van der Waals surface area contributed by atoms with Crippen LogP contribution < -0.4 is 5.32 Å². The molecule has 15 heavy (non-hydrogen) atoms. The molecule has 1 aliphatic carbocycles. The first kappa shape index (κ1) is 10.7. The number of nitriles is 1. The summed E-state index contributed by atoms with van der Waals surface area (Å²) < 4.78 is 1.06. The fourth-order valence-electron chi connectivity index (χ4n) is 2.05. The second-order valence-electron chi connectivity index (χ2n) is 4.04. The van der Waals surface area contributed by atoms with Gasteiger partial charge in [-0.3, -0.25) is 0 Å². The minimum Gasteiger partial charge on any atom is -0.312 e. The molecule has 3 heteroatoms. The van der Waals surface area contributed by atoms with E-state index in [9.17, 15) is 5.26 Å². The second kappa shape index (κ2) is 3.96. The highest BCUT2D eigenvalue weighted by Crippen LogP contribution is 2.54. The Kier molecular flexibility index (Phi) is 2.81.